The van der Waals surface area contributed by atoms with Crippen LogP contribution in [0.15, 0.2) is 48.5 Å². The molecule has 2 atom stereocenters. The van der Waals surface area contributed by atoms with Gasteiger partial charge < -0.3 is 19.3 Å². The Kier molecular flexibility index (Phi) is 5.54. The van der Waals surface area contributed by atoms with Crippen LogP contribution in [0, 0.1) is 0 Å². The van der Waals surface area contributed by atoms with Crippen LogP contribution in [0.5, 0.6) is 11.5 Å². The molecule has 160 valence electrons. The zero-order valence-corrected chi connectivity index (χ0v) is 18.0. The van der Waals surface area contributed by atoms with Crippen LogP contribution >= 0.6 is 0 Å². The van der Waals surface area contributed by atoms with Crippen molar-refractivity contribution in [3.63, 3.8) is 0 Å². The number of likely N-dealkylation sites (N-methyl/N-ethyl adjacent to an activating group) is 2. The molecule has 5 rings (SSSR count). The summed E-state index contributed by atoms with van der Waals surface area (Å²) in [7, 11) is 4.54. The number of rotatable bonds is 4. The zero-order chi connectivity index (χ0) is 20.5. The van der Waals surface area contributed by atoms with Gasteiger partial charge in [-0.3, -0.25) is 9.80 Å². The number of ether oxygens (including phenoxy) is 2. The molecule has 0 spiro atoms. The van der Waals surface area contributed by atoms with Crippen LogP contribution < -0.4 is 14.4 Å². The lowest BCUT2D eigenvalue weighted by atomic mass is 9.98. The van der Waals surface area contributed by atoms with Gasteiger partial charge in [-0.05, 0) is 43.9 Å². The highest BCUT2D eigenvalue weighted by molar-refractivity contribution is 5.47. The van der Waals surface area contributed by atoms with Gasteiger partial charge in [-0.25, -0.2) is 0 Å². The van der Waals surface area contributed by atoms with Gasteiger partial charge in [0.25, 0.3) is 0 Å². The second-order valence-electron chi connectivity index (χ2n) is 8.82. The fourth-order valence-corrected chi connectivity index (χ4v) is 5.02. The highest BCUT2D eigenvalue weighted by Gasteiger charge is 2.37. The third-order valence-electron chi connectivity index (χ3n) is 6.82. The molecule has 2 saturated heterocycles. The molecule has 2 aromatic carbocycles. The van der Waals surface area contributed by atoms with E-state index < -0.39 is 0 Å². The number of piperazine rings is 2. The summed E-state index contributed by atoms with van der Waals surface area (Å²) in [5.41, 5.74) is 2.63. The molecular formula is C24H32N4O2. The summed E-state index contributed by atoms with van der Waals surface area (Å²) in [6.07, 6.45) is 0. The molecule has 0 aromatic heterocycles. The minimum atomic E-state index is 0.331. The van der Waals surface area contributed by atoms with Crippen LogP contribution in [-0.4, -0.2) is 86.9 Å². The molecule has 3 aliphatic rings. The van der Waals surface area contributed by atoms with E-state index in [1.807, 2.05) is 6.07 Å². The van der Waals surface area contributed by atoms with Gasteiger partial charge >= 0.3 is 0 Å². The summed E-state index contributed by atoms with van der Waals surface area (Å²) in [6.45, 7) is 7.83. The maximum Gasteiger partial charge on any atom is 0.231 e. The van der Waals surface area contributed by atoms with Crippen molar-refractivity contribution in [2.24, 2.45) is 0 Å². The first-order valence-corrected chi connectivity index (χ1v) is 11.0. The topological polar surface area (TPSA) is 31.4 Å². The van der Waals surface area contributed by atoms with E-state index >= 15 is 0 Å². The van der Waals surface area contributed by atoms with Crippen LogP contribution in [0.3, 0.4) is 0 Å². The number of anilines is 1. The summed E-state index contributed by atoms with van der Waals surface area (Å²) in [5, 5.41) is 0. The second kappa shape index (κ2) is 8.46. The summed E-state index contributed by atoms with van der Waals surface area (Å²) in [4.78, 5) is 10.3. The monoisotopic (exact) mass is 408 g/mol. The molecule has 0 aliphatic carbocycles. The van der Waals surface area contributed by atoms with Gasteiger partial charge in [-0.1, -0.05) is 24.3 Å². The molecule has 0 saturated carbocycles. The Labute approximate surface area is 179 Å². The summed E-state index contributed by atoms with van der Waals surface area (Å²) in [5.74, 6) is 1.74. The molecule has 0 N–H and O–H groups in total. The number of hydrogen-bond acceptors (Lipinski definition) is 6. The summed E-state index contributed by atoms with van der Waals surface area (Å²) < 4.78 is 11.1. The first-order chi connectivity index (χ1) is 14.7. The number of hydrogen-bond donors (Lipinski definition) is 0. The molecule has 0 bridgehead atoms. The van der Waals surface area contributed by atoms with E-state index in [0.717, 1.165) is 57.3 Å². The van der Waals surface area contributed by atoms with Crippen molar-refractivity contribution in [1.29, 1.82) is 0 Å². The van der Waals surface area contributed by atoms with E-state index in [4.69, 9.17) is 9.47 Å². The normalized spacial score (nSPS) is 25.6. The first kappa shape index (κ1) is 19.7. The number of fused-ring (bicyclic) bond motifs is 1. The van der Waals surface area contributed by atoms with E-state index in [1.54, 1.807) is 0 Å². The van der Waals surface area contributed by atoms with Crippen molar-refractivity contribution in [1.82, 2.24) is 14.7 Å². The van der Waals surface area contributed by atoms with Crippen LogP contribution in [-0.2, 0) is 6.54 Å². The van der Waals surface area contributed by atoms with Gasteiger partial charge in [0.1, 0.15) is 0 Å². The maximum atomic E-state index is 5.60. The fourth-order valence-electron chi connectivity index (χ4n) is 5.02. The Morgan fingerprint density at radius 2 is 1.67 bits per heavy atom. The van der Waals surface area contributed by atoms with Crippen molar-refractivity contribution in [2.45, 2.75) is 18.6 Å². The standard InChI is InChI=1S/C24H32N4O2/c1-25-10-12-28(15-19-8-9-23-24(14-19)30-18-29-23)22(16-25)21-17-27(13-11-26(21)2)20-6-4-3-5-7-20/h3-9,14,21-22H,10-13,15-18H2,1-2H3. The van der Waals surface area contributed by atoms with Crippen LogP contribution in [0.4, 0.5) is 5.69 Å². The Hall–Kier alpha value is -2.28. The van der Waals surface area contributed by atoms with Gasteiger partial charge in [0.05, 0.1) is 0 Å². The molecule has 6 heteroatoms. The van der Waals surface area contributed by atoms with Gasteiger partial charge in [0, 0.05) is 63.6 Å². The minimum absolute atomic E-state index is 0.331. The van der Waals surface area contributed by atoms with Crippen LogP contribution in [0.2, 0.25) is 0 Å². The van der Waals surface area contributed by atoms with E-state index in [9.17, 15) is 0 Å². The highest BCUT2D eigenvalue weighted by atomic mass is 16.7. The SMILES string of the molecule is CN1CCN(Cc2ccc3c(c2)OCO3)C(C2CN(c3ccccc3)CCN2C)C1. The predicted octanol–water partition coefficient (Wildman–Crippen LogP) is 2.35. The van der Waals surface area contributed by atoms with E-state index in [1.165, 1.54) is 11.3 Å². The third-order valence-corrected chi connectivity index (χ3v) is 6.82. The predicted molar refractivity (Wildman–Crippen MR) is 119 cm³/mol. The van der Waals surface area contributed by atoms with Crippen molar-refractivity contribution >= 4 is 5.69 Å². The lowest BCUT2D eigenvalue weighted by Gasteiger charge is -2.50. The smallest absolute Gasteiger partial charge is 0.231 e. The number of nitrogens with zero attached hydrogens (tertiary/aromatic N) is 4. The molecule has 3 aliphatic heterocycles. The Bertz CT molecular complexity index is 862. The largest absolute Gasteiger partial charge is 0.454 e. The number of benzene rings is 2. The van der Waals surface area contributed by atoms with Crippen molar-refractivity contribution in [2.75, 3.05) is 65.1 Å². The molecule has 6 nitrogen and oxygen atoms in total. The lowest BCUT2D eigenvalue weighted by Crippen LogP contribution is -2.65. The minimum Gasteiger partial charge on any atom is -0.454 e. The van der Waals surface area contributed by atoms with E-state index in [-0.39, 0.29) is 0 Å². The van der Waals surface area contributed by atoms with Gasteiger partial charge in [-0.15, -0.1) is 0 Å². The lowest BCUT2D eigenvalue weighted by molar-refractivity contribution is 0.0222. The molecule has 0 amide bonds. The van der Waals surface area contributed by atoms with Crippen molar-refractivity contribution < 1.29 is 9.47 Å². The Morgan fingerprint density at radius 1 is 0.833 bits per heavy atom. The van der Waals surface area contributed by atoms with Crippen LogP contribution in [0.1, 0.15) is 5.56 Å². The Morgan fingerprint density at radius 3 is 2.53 bits per heavy atom. The molecular weight excluding hydrogens is 376 g/mol. The zero-order valence-electron chi connectivity index (χ0n) is 18.0. The summed E-state index contributed by atoms with van der Waals surface area (Å²) >= 11 is 0. The molecule has 2 fully saturated rings. The van der Waals surface area contributed by atoms with Crippen molar-refractivity contribution in [3.05, 3.63) is 54.1 Å². The molecule has 2 unspecified atom stereocenters. The molecule has 2 aromatic rings. The first-order valence-electron chi connectivity index (χ1n) is 11.0. The molecule has 30 heavy (non-hydrogen) atoms. The highest BCUT2D eigenvalue weighted by Crippen LogP contribution is 2.33. The molecule has 3 heterocycles. The average molecular weight is 409 g/mol. The van der Waals surface area contributed by atoms with E-state index in [2.05, 4.69) is 76.2 Å². The van der Waals surface area contributed by atoms with Gasteiger partial charge in [0.15, 0.2) is 11.5 Å². The fraction of sp³-hybridized carbons (Fsp3) is 0.500. The van der Waals surface area contributed by atoms with Gasteiger partial charge in [-0.2, -0.15) is 0 Å². The maximum absolute atomic E-state index is 5.60. The average Bonchev–Trinajstić information content (AvgIpc) is 3.24. The number of para-hydroxylation sites is 1. The van der Waals surface area contributed by atoms with Crippen molar-refractivity contribution in [3.8, 4) is 11.5 Å². The van der Waals surface area contributed by atoms with Crippen LogP contribution in [0.25, 0.3) is 0 Å². The van der Waals surface area contributed by atoms with E-state index in [0.29, 0.717) is 18.9 Å². The molecule has 0 radical (unpaired) electrons. The Balaban J connectivity index is 1.35. The third kappa shape index (κ3) is 4.00. The summed E-state index contributed by atoms with van der Waals surface area (Å²) in [6, 6.07) is 18.2. The van der Waals surface area contributed by atoms with Gasteiger partial charge in [0.2, 0.25) is 6.79 Å². The second-order valence-corrected chi connectivity index (χ2v) is 8.82. The quantitative estimate of drug-likeness (QED) is 0.772.